The third kappa shape index (κ3) is 7.23. The van der Waals surface area contributed by atoms with Crippen molar-refractivity contribution in [2.24, 2.45) is 4.99 Å². The maximum Gasteiger partial charge on any atom is 0.224 e. The maximum atomic E-state index is 11.4. The van der Waals surface area contributed by atoms with Crippen molar-refractivity contribution in [1.82, 2.24) is 10.6 Å². The number of nitrogens with one attached hydrogen (secondary N) is 3. The van der Waals surface area contributed by atoms with Crippen LogP contribution in [0.25, 0.3) is 0 Å². The number of aryl methyl sites for hydroxylation is 2. The highest BCUT2D eigenvalue weighted by atomic mass is 127. The van der Waals surface area contributed by atoms with Crippen LogP contribution in [0, 0.1) is 6.92 Å². The molecule has 0 spiro atoms. The third-order valence-electron chi connectivity index (χ3n) is 4.52. The summed E-state index contributed by atoms with van der Waals surface area (Å²) in [5.41, 5.74) is 4.44. The number of halogens is 1. The Hall–Kier alpha value is -2.29. The van der Waals surface area contributed by atoms with Gasteiger partial charge in [-0.05, 0) is 49.6 Å². The van der Waals surface area contributed by atoms with Crippen molar-refractivity contribution < 1.29 is 9.53 Å². The lowest BCUT2D eigenvalue weighted by Gasteiger charge is -2.18. The molecule has 0 saturated heterocycles. The number of aliphatic imine (C=N–C) groups is 1. The van der Waals surface area contributed by atoms with Crippen LogP contribution in [-0.4, -0.2) is 31.6 Å². The summed E-state index contributed by atoms with van der Waals surface area (Å²) in [6, 6.07) is 14.2. The van der Waals surface area contributed by atoms with E-state index in [-0.39, 0.29) is 29.9 Å². The van der Waals surface area contributed by atoms with Crippen LogP contribution in [0.5, 0.6) is 5.75 Å². The van der Waals surface area contributed by atoms with Crippen LogP contribution < -0.4 is 20.7 Å². The van der Waals surface area contributed by atoms with Gasteiger partial charge in [-0.3, -0.25) is 4.79 Å². The number of ether oxygens (including phenoxy) is 1. The molecule has 1 amide bonds. The Balaban J connectivity index is 0.00000300. The van der Waals surface area contributed by atoms with Crippen molar-refractivity contribution in [2.45, 2.75) is 33.2 Å². The van der Waals surface area contributed by atoms with Gasteiger partial charge < -0.3 is 20.7 Å². The zero-order valence-electron chi connectivity index (χ0n) is 17.0. The zero-order valence-corrected chi connectivity index (χ0v) is 19.3. The topological polar surface area (TPSA) is 74.8 Å². The standard InChI is InChI=1S/C22H28N4O2.HI/c1-3-23-22(25-15-17-6-4-16(2)5-7-17)24-12-13-28-19-9-10-20-18(14-19)8-11-21(27)26-20;/h4-7,9-10,14H,3,8,11-13,15H2,1-2H3,(H,26,27)(H2,23,24,25);1H. The Kier molecular flexibility index (Phi) is 9.24. The first-order valence-corrected chi connectivity index (χ1v) is 9.77. The molecular weight excluding hydrogens is 479 g/mol. The summed E-state index contributed by atoms with van der Waals surface area (Å²) in [6.45, 7) is 6.74. The molecule has 0 saturated carbocycles. The van der Waals surface area contributed by atoms with Crippen LogP contribution in [0.4, 0.5) is 5.69 Å². The van der Waals surface area contributed by atoms with Crippen LogP contribution in [0.2, 0.25) is 0 Å². The maximum absolute atomic E-state index is 11.4. The van der Waals surface area contributed by atoms with Crippen molar-refractivity contribution in [3.8, 4) is 5.75 Å². The average molecular weight is 508 g/mol. The molecule has 29 heavy (non-hydrogen) atoms. The normalized spacial score (nSPS) is 13.0. The van der Waals surface area contributed by atoms with E-state index in [4.69, 9.17) is 4.74 Å². The molecule has 0 radical (unpaired) electrons. The fourth-order valence-corrected chi connectivity index (χ4v) is 2.99. The molecule has 156 valence electrons. The van der Waals surface area contributed by atoms with E-state index in [1.54, 1.807) is 0 Å². The summed E-state index contributed by atoms with van der Waals surface area (Å²) in [6.07, 6.45) is 1.29. The molecule has 1 heterocycles. The van der Waals surface area contributed by atoms with Gasteiger partial charge in [0.2, 0.25) is 5.91 Å². The fraction of sp³-hybridized carbons (Fsp3) is 0.364. The van der Waals surface area contributed by atoms with Gasteiger partial charge >= 0.3 is 0 Å². The van der Waals surface area contributed by atoms with Crippen molar-refractivity contribution in [3.63, 3.8) is 0 Å². The third-order valence-corrected chi connectivity index (χ3v) is 4.52. The SMILES string of the molecule is CCNC(=NCc1ccc(C)cc1)NCCOc1ccc2c(c1)CCC(=O)N2.I. The van der Waals surface area contributed by atoms with Crippen LogP contribution >= 0.6 is 24.0 Å². The van der Waals surface area contributed by atoms with Crippen LogP contribution in [0.1, 0.15) is 30.0 Å². The van der Waals surface area contributed by atoms with Crippen molar-refractivity contribution in [1.29, 1.82) is 0 Å². The number of amides is 1. The van der Waals surface area contributed by atoms with E-state index < -0.39 is 0 Å². The number of fused-ring (bicyclic) bond motifs is 1. The van der Waals surface area contributed by atoms with Gasteiger partial charge in [0.25, 0.3) is 0 Å². The summed E-state index contributed by atoms with van der Waals surface area (Å²) in [5.74, 6) is 1.67. The number of hydrogen-bond donors (Lipinski definition) is 3. The second kappa shape index (κ2) is 11.6. The first-order valence-electron chi connectivity index (χ1n) is 9.77. The van der Waals surface area contributed by atoms with Crippen LogP contribution in [0.3, 0.4) is 0 Å². The lowest BCUT2D eigenvalue weighted by molar-refractivity contribution is -0.116. The molecule has 2 aromatic carbocycles. The smallest absolute Gasteiger partial charge is 0.224 e. The van der Waals surface area contributed by atoms with Gasteiger partial charge in [0.1, 0.15) is 12.4 Å². The monoisotopic (exact) mass is 508 g/mol. The minimum absolute atomic E-state index is 0. The van der Waals surface area contributed by atoms with E-state index in [9.17, 15) is 4.79 Å². The Morgan fingerprint density at radius 2 is 1.93 bits per heavy atom. The highest BCUT2D eigenvalue weighted by Crippen LogP contribution is 2.26. The summed E-state index contributed by atoms with van der Waals surface area (Å²) >= 11 is 0. The number of guanidine groups is 1. The molecule has 1 aliphatic heterocycles. The summed E-state index contributed by atoms with van der Waals surface area (Å²) in [5, 5.41) is 9.43. The number of carbonyl (C=O) groups excluding carboxylic acids is 1. The molecule has 0 aromatic heterocycles. The van der Waals surface area contributed by atoms with E-state index >= 15 is 0 Å². The van der Waals surface area contributed by atoms with Gasteiger partial charge in [0.05, 0.1) is 13.1 Å². The van der Waals surface area contributed by atoms with Gasteiger partial charge in [-0.2, -0.15) is 0 Å². The second-order valence-electron chi connectivity index (χ2n) is 6.82. The van der Waals surface area contributed by atoms with Gasteiger partial charge in [0.15, 0.2) is 5.96 Å². The van der Waals surface area contributed by atoms with Crippen molar-refractivity contribution in [3.05, 3.63) is 59.2 Å². The van der Waals surface area contributed by atoms with Crippen molar-refractivity contribution in [2.75, 3.05) is 25.0 Å². The molecule has 1 aliphatic rings. The first-order chi connectivity index (χ1) is 13.6. The van der Waals surface area contributed by atoms with Crippen molar-refractivity contribution >= 4 is 41.5 Å². The Morgan fingerprint density at radius 3 is 2.69 bits per heavy atom. The predicted molar refractivity (Wildman–Crippen MR) is 128 cm³/mol. The number of nitrogens with zero attached hydrogens (tertiary/aromatic N) is 1. The highest BCUT2D eigenvalue weighted by molar-refractivity contribution is 14.0. The molecule has 6 nitrogen and oxygen atoms in total. The first kappa shape index (κ1) is 23.0. The molecule has 0 atom stereocenters. The summed E-state index contributed by atoms with van der Waals surface area (Å²) in [7, 11) is 0. The van der Waals surface area contributed by atoms with E-state index in [1.165, 1.54) is 11.1 Å². The number of benzene rings is 2. The molecule has 2 aromatic rings. The largest absolute Gasteiger partial charge is 0.492 e. The predicted octanol–water partition coefficient (Wildman–Crippen LogP) is 3.63. The lowest BCUT2D eigenvalue weighted by atomic mass is 10.0. The van der Waals surface area contributed by atoms with Crippen LogP contribution in [-0.2, 0) is 17.8 Å². The lowest BCUT2D eigenvalue weighted by Crippen LogP contribution is -2.39. The van der Waals surface area contributed by atoms with E-state index in [0.717, 1.165) is 35.9 Å². The molecule has 0 bridgehead atoms. The number of carbonyl (C=O) groups is 1. The summed E-state index contributed by atoms with van der Waals surface area (Å²) < 4.78 is 5.85. The second-order valence-corrected chi connectivity index (χ2v) is 6.82. The van der Waals surface area contributed by atoms with E-state index in [1.807, 2.05) is 25.1 Å². The minimum Gasteiger partial charge on any atom is -0.492 e. The van der Waals surface area contributed by atoms with Gasteiger partial charge in [0, 0.05) is 18.7 Å². The average Bonchev–Trinajstić information content (AvgIpc) is 2.70. The van der Waals surface area contributed by atoms with Gasteiger partial charge in [-0.1, -0.05) is 29.8 Å². The Bertz CT molecular complexity index is 837. The number of anilines is 1. The molecule has 7 heteroatoms. The zero-order chi connectivity index (χ0) is 19.8. The number of hydrogen-bond acceptors (Lipinski definition) is 3. The van der Waals surface area contributed by atoms with Gasteiger partial charge in [-0.25, -0.2) is 4.99 Å². The molecule has 3 N–H and O–H groups in total. The molecule has 0 fully saturated rings. The van der Waals surface area contributed by atoms with Crippen LogP contribution in [0.15, 0.2) is 47.5 Å². The molecule has 3 rings (SSSR count). The van der Waals surface area contributed by atoms with E-state index in [2.05, 4.69) is 52.1 Å². The molecular formula is C22H29IN4O2. The number of rotatable bonds is 7. The van der Waals surface area contributed by atoms with Gasteiger partial charge in [-0.15, -0.1) is 24.0 Å². The fourth-order valence-electron chi connectivity index (χ4n) is 2.99. The molecule has 0 unspecified atom stereocenters. The highest BCUT2D eigenvalue weighted by Gasteiger charge is 2.14. The summed E-state index contributed by atoms with van der Waals surface area (Å²) in [4.78, 5) is 16.1. The van der Waals surface area contributed by atoms with E-state index in [0.29, 0.717) is 26.1 Å². The Morgan fingerprint density at radius 1 is 1.14 bits per heavy atom. The molecule has 0 aliphatic carbocycles. The Labute approximate surface area is 189 Å². The minimum atomic E-state index is 0. The quantitative estimate of drug-likeness (QED) is 0.231.